The highest BCUT2D eigenvalue weighted by atomic mass is 16.5. The molecule has 1 saturated heterocycles. The molecule has 2 aliphatic heterocycles. The molecule has 1 fully saturated rings. The molecule has 0 spiro atoms. The summed E-state index contributed by atoms with van der Waals surface area (Å²) >= 11 is 0. The number of methoxy groups -OCH3 is 3. The number of piperazine rings is 1. The van der Waals surface area contributed by atoms with E-state index in [9.17, 15) is 9.90 Å². The summed E-state index contributed by atoms with van der Waals surface area (Å²) in [5.74, 6) is 2.79. The van der Waals surface area contributed by atoms with Gasteiger partial charge in [-0.1, -0.05) is 6.07 Å². The molecule has 3 heterocycles. The quantitative estimate of drug-likeness (QED) is 0.484. The Balaban J connectivity index is 1.37. The SMILES string of the molecule is COc1cc(/C=C2/Oc3c(ccc(O)c3CN3CCN(c4ccccn4)CC3)C2=O)cc(OC)c1OC. The molecule has 0 bridgehead atoms. The lowest BCUT2D eigenvalue weighted by molar-refractivity contribution is 0.101. The zero-order valence-corrected chi connectivity index (χ0v) is 21.1. The Labute approximate surface area is 215 Å². The van der Waals surface area contributed by atoms with E-state index in [1.54, 1.807) is 36.5 Å². The highest BCUT2D eigenvalue weighted by molar-refractivity contribution is 6.15. The van der Waals surface area contributed by atoms with Crippen LogP contribution in [-0.4, -0.2) is 68.3 Å². The summed E-state index contributed by atoms with van der Waals surface area (Å²) in [7, 11) is 4.60. The van der Waals surface area contributed by atoms with Crippen molar-refractivity contribution in [1.29, 1.82) is 0 Å². The summed E-state index contributed by atoms with van der Waals surface area (Å²) in [6.45, 7) is 3.69. The maximum Gasteiger partial charge on any atom is 0.231 e. The predicted octanol–water partition coefficient (Wildman–Crippen LogP) is 3.75. The van der Waals surface area contributed by atoms with Crippen LogP contribution < -0.4 is 23.8 Å². The molecular weight excluding hydrogens is 474 g/mol. The first kappa shape index (κ1) is 24.5. The Morgan fingerprint density at radius 3 is 2.35 bits per heavy atom. The van der Waals surface area contributed by atoms with Gasteiger partial charge in [0.05, 0.1) is 32.5 Å². The first-order valence-corrected chi connectivity index (χ1v) is 12.0. The highest BCUT2D eigenvalue weighted by Gasteiger charge is 2.32. The number of ketones is 1. The Morgan fingerprint density at radius 2 is 1.73 bits per heavy atom. The molecular formula is C28H29N3O6. The largest absolute Gasteiger partial charge is 0.507 e. The van der Waals surface area contributed by atoms with Gasteiger partial charge >= 0.3 is 0 Å². The molecule has 0 radical (unpaired) electrons. The number of phenols is 1. The molecule has 2 aliphatic rings. The number of hydrogen-bond acceptors (Lipinski definition) is 9. The standard InChI is InChI=1S/C28H29N3O6/c1-34-23-15-18(16-24(35-2)28(23)36-3)14-22-26(33)19-7-8-21(32)20(27(19)37-22)17-30-10-12-31(13-11-30)25-6-4-5-9-29-25/h4-9,14-16,32H,10-13,17H2,1-3H3/b22-14+. The number of benzene rings is 2. The maximum atomic E-state index is 13.2. The first-order chi connectivity index (χ1) is 18.0. The van der Waals surface area contributed by atoms with E-state index in [1.165, 1.54) is 21.3 Å². The molecule has 3 aromatic rings. The van der Waals surface area contributed by atoms with E-state index < -0.39 is 0 Å². The molecule has 0 saturated carbocycles. The van der Waals surface area contributed by atoms with Crippen LogP contribution in [-0.2, 0) is 6.54 Å². The van der Waals surface area contributed by atoms with E-state index in [-0.39, 0.29) is 17.3 Å². The van der Waals surface area contributed by atoms with Gasteiger partial charge in [-0.05, 0) is 48.0 Å². The van der Waals surface area contributed by atoms with E-state index >= 15 is 0 Å². The molecule has 1 N–H and O–H groups in total. The number of allylic oxidation sites excluding steroid dienone is 1. The Kier molecular flexibility index (Phi) is 6.87. The monoisotopic (exact) mass is 503 g/mol. The third-order valence-corrected chi connectivity index (χ3v) is 6.63. The van der Waals surface area contributed by atoms with Crippen molar-refractivity contribution in [2.75, 3.05) is 52.4 Å². The summed E-state index contributed by atoms with van der Waals surface area (Å²) in [4.78, 5) is 22.1. The number of pyridine rings is 1. The van der Waals surface area contributed by atoms with Crippen LogP contribution in [0.5, 0.6) is 28.7 Å². The molecule has 0 amide bonds. The Bertz CT molecular complexity index is 1310. The van der Waals surface area contributed by atoms with E-state index in [0.717, 1.165) is 32.0 Å². The highest BCUT2D eigenvalue weighted by Crippen LogP contribution is 2.42. The summed E-state index contributed by atoms with van der Waals surface area (Å²) in [5, 5.41) is 10.7. The van der Waals surface area contributed by atoms with E-state index in [0.29, 0.717) is 46.2 Å². The van der Waals surface area contributed by atoms with Gasteiger partial charge in [-0.3, -0.25) is 9.69 Å². The van der Waals surface area contributed by atoms with Crippen molar-refractivity contribution in [3.63, 3.8) is 0 Å². The normalized spacial score (nSPS) is 16.5. The van der Waals surface area contributed by atoms with Gasteiger partial charge in [0.2, 0.25) is 11.5 Å². The first-order valence-electron chi connectivity index (χ1n) is 12.0. The van der Waals surface area contributed by atoms with Crippen molar-refractivity contribution in [2.45, 2.75) is 6.54 Å². The van der Waals surface area contributed by atoms with Crippen LogP contribution >= 0.6 is 0 Å². The maximum absolute atomic E-state index is 13.2. The van der Waals surface area contributed by atoms with Crippen molar-refractivity contribution >= 4 is 17.7 Å². The van der Waals surface area contributed by atoms with E-state index in [2.05, 4.69) is 14.8 Å². The second-order valence-corrected chi connectivity index (χ2v) is 8.79. The van der Waals surface area contributed by atoms with Gasteiger partial charge in [-0.25, -0.2) is 4.98 Å². The van der Waals surface area contributed by atoms with Gasteiger partial charge in [0.1, 0.15) is 17.3 Å². The lowest BCUT2D eigenvalue weighted by Crippen LogP contribution is -2.46. The average Bonchev–Trinajstić information content (AvgIpc) is 3.25. The summed E-state index contributed by atoms with van der Waals surface area (Å²) in [6.07, 6.45) is 3.43. The smallest absolute Gasteiger partial charge is 0.231 e. The lowest BCUT2D eigenvalue weighted by atomic mass is 10.0. The second-order valence-electron chi connectivity index (χ2n) is 8.79. The number of hydrogen-bond donors (Lipinski definition) is 1. The molecule has 0 atom stereocenters. The van der Waals surface area contributed by atoms with Crippen LogP contribution in [0.3, 0.4) is 0 Å². The number of aromatic hydroxyl groups is 1. The van der Waals surface area contributed by atoms with Crippen LogP contribution in [0.15, 0.2) is 54.4 Å². The minimum atomic E-state index is -0.245. The molecule has 0 unspecified atom stereocenters. The predicted molar refractivity (Wildman–Crippen MR) is 139 cm³/mol. The molecule has 0 aliphatic carbocycles. The van der Waals surface area contributed by atoms with Crippen molar-refractivity contribution in [3.8, 4) is 28.7 Å². The molecule has 37 heavy (non-hydrogen) atoms. The van der Waals surface area contributed by atoms with E-state index in [1.807, 2.05) is 18.2 Å². The van der Waals surface area contributed by atoms with Gasteiger partial charge in [0.15, 0.2) is 17.3 Å². The average molecular weight is 504 g/mol. The van der Waals surface area contributed by atoms with Gasteiger partial charge in [0, 0.05) is 38.9 Å². The number of fused-ring (bicyclic) bond motifs is 1. The second kappa shape index (κ2) is 10.4. The number of anilines is 1. The van der Waals surface area contributed by atoms with Crippen molar-refractivity contribution in [1.82, 2.24) is 9.88 Å². The summed E-state index contributed by atoms with van der Waals surface area (Å²) in [6, 6.07) is 12.5. The third-order valence-electron chi connectivity index (χ3n) is 6.63. The number of ether oxygens (including phenoxy) is 4. The fourth-order valence-electron chi connectivity index (χ4n) is 4.69. The third kappa shape index (κ3) is 4.77. The number of Topliss-reactive ketones (excluding diaryl/α,β-unsaturated/α-hetero) is 1. The van der Waals surface area contributed by atoms with Crippen LogP contribution in [0.2, 0.25) is 0 Å². The molecule has 1 aromatic heterocycles. The number of phenolic OH excluding ortho intramolecular Hbond substituents is 1. The fraction of sp³-hybridized carbons (Fsp3) is 0.286. The number of aromatic nitrogens is 1. The summed E-state index contributed by atoms with van der Waals surface area (Å²) in [5.41, 5.74) is 1.69. The fourth-order valence-corrected chi connectivity index (χ4v) is 4.69. The molecule has 9 heteroatoms. The van der Waals surface area contributed by atoms with Crippen LogP contribution in [0.4, 0.5) is 5.82 Å². The van der Waals surface area contributed by atoms with Crippen molar-refractivity contribution in [3.05, 3.63) is 71.1 Å². The topological polar surface area (TPSA) is 93.6 Å². The van der Waals surface area contributed by atoms with Gasteiger partial charge < -0.3 is 29.0 Å². The van der Waals surface area contributed by atoms with Gasteiger partial charge in [0.25, 0.3) is 0 Å². The van der Waals surface area contributed by atoms with E-state index in [4.69, 9.17) is 18.9 Å². The zero-order chi connectivity index (χ0) is 25.9. The zero-order valence-electron chi connectivity index (χ0n) is 21.1. The van der Waals surface area contributed by atoms with Gasteiger partial charge in [-0.15, -0.1) is 0 Å². The number of carbonyl (C=O) groups is 1. The Morgan fingerprint density at radius 1 is 1.00 bits per heavy atom. The van der Waals surface area contributed by atoms with Crippen molar-refractivity contribution < 1.29 is 28.8 Å². The molecule has 2 aromatic carbocycles. The number of rotatable bonds is 7. The summed E-state index contributed by atoms with van der Waals surface area (Å²) < 4.78 is 22.3. The van der Waals surface area contributed by atoms with Crippen molar-refractivity contribution in [2.24, 2.45) is 0 Å². The molecule has 9 nitrogen and oxygen atoms in total. The Hall–Kier alpha value is -4.24. The minimum absolute atomic E-state index is 0.104. The van der Waals surface area contributed by atoms with Crippen LogP contribution in [0, 0.1) is 0 Å². The number of nitrogens with zero attached hydrogens (tertiary/aromatic N) is 3. The van der Waals surface area contributed by atoms with Crippen LogP contribution in [0.1, 0.15) is 21.5 Å². The minimum Gasteiger partial charge on any atom is -0.507 e. The van der Waals surface area contributed by atoms with Gasteiger partial charge in [-0.2, -0.15) is 0 Å². The van der Waals surface area contributed by atoms with Crippen LogP contribution in [0.25, 0.3) is 6.08 Å². The lowest BCUT2D eigenvalue weighted by Gasteiger charge is -2.35. The molecule has 5 rings (SSSR count). The number of carbonyl (C=O) groups excluding carboxylic acids is 1. The molecule has 192 valence electrons.